The SMILES string of the molecule is O=c1c(-c2cn(Cc3ccccc3)c3ccccc23)c(N(Cc2ccccc2)c2ccccc2)c1=O. The van der Waals surface area contributed by atoms with Crippen LogP contribution in [0.2, 0.25) is 0 Å². The molecule has 5 aromatic carbocycles. The Labute approximate surface area is 209 Å². The van der Waals surface area contributed by atoms with E-state index in [1.165, 1.54) is 5.56 Å². The van der Waals surface area contributed by atoms with Crippen LogP contribution in [0.4, 0.5) is 11.4 Å². The Morgan fingerprint density at radius 2 is 1.19 bits per heavy atom. The molecule has 0 atom stereocenters. The summed E-state index contributed by atoms with van der Waals surface area (Å²) in [6.07, 6.45) is 2.02. The molecule has 4 heteroatoms. The van der Waals surface area contributed by atoms with Crippen LogP contribution in [-0.2, 0) is 13.1 Å². The van der Waals surface area contributed by atoms with E-state index in [4.69, 9.17) is 0 Å². The minimum absolute atomic E-state index is 0.429. The zero-order valence-corrected chi connectivity index (χ0v) is 19.7. The van der Waals surface area contributed by atoms with Gasteiger partial charge in [-0.15, -0.1) is 0 Å². The summed E-state index contributed by atoms with van der Waals surface area (Å²) in [5.41, 5.74) is 5.02. The van der Waals surface area contributed by atoms with Crippen molar-refractivity contribution in [3.05, 3.63) is 153 Å². The molecule has 0 N–H and O–H groups in total. The van der Waals surface area contributed by atoms with Gasteiger partial charge in [0.05, 0.1) is 5.56 Å². The maximum Gasteiger partial charge on any atom is 0.250 e. The van der Waals surface area contributed by atoms with Crippen molar-refractivity contribution >= 4 is 22.3 Å². The van der Waals surface area contributed by atoms with E-state index in [9.17, 15) is 9.59 Å². The van der Waals surface area contributed by atoms with Gasteiger partial charge in [0, 0.05) is 41.4 Å². The Balaban J connectivity index is 1.51. The molecule has 4 nitrogen and oxygen atoms in total. The molecule has 0 spiro atoms. The fourth-order valence-electron chi connectivity index (χ4n) is 4.92. The van der Waals surface area contributed by atoms with Crippen LogP contribution >= 0.6 is 0 Å². The van der Waals surface area contributed by atoms with Crippen LogP contribution in [0, 0.1) is 0 Å². The molecule has 174 valence electrons. The Kier molecular flexibility index (Phi) is 5.55. The number of rotatable bonds is 7. The predicted molar refractivity (Wildman–Crippen MR) is 147 cm³/mol. The number of anilines is 2. The lowest BCUT2D eigenvalue weighted by molar-refractivity contribution is 0.837. The topological polar surface area (TPSA) is 42.3 Å². The lowest BCUT2D eigenvalue weighted by Gasteiger charge is -2.28. The van der Waals surface area contributed by atoms with E-state index in [0.29, 0.717) is 24.3 Å². The summed E-state index contributed by atoms with van der Waals surface area (Å²) >= 11 is 0. The van der Waals surface area contributed by atoms with Gasteiger partial charge < -0.3 is 9.47 Å². The first-order valence-corrected chi connectivity index (χ1v) is 12.0. The van der Waals surface area contributed by atoms with Crippen LogP contribution in [-0.4, -0.2) is 4.57 Å². The van der Waals surface area contributed by atoms with Crippen LogP contribution in [0.25, 0.3) is 22.0 Å². The van der Waals surface area contributed by atoms with Crippen molar-refractivity contribution in [2.24, 2.45) is 0 Å². The normalized spacial score (nSPS) is 11.2. The van der Waals surface area contributed by atoms with E-state index in [2.05, 4.69) is 22.8 Å². The largest absolute Gasteiger partial charge is 0.342 e. The maximum atomic E-state index is 13.1. The molecule has 0 aliphatic carbocycles. The van der Waals surface area contributed by atoms with Crippen molar-refractivity contribution in [1.29, 1.82) is 0 Å². The van der Waals surface area contributed by atoms with Crippen molar-refractivity contribution in [2.45, 2.75) is 13.1 Å². The minimum atomic E-state index is -0.440. The number of hydrogen-bond donors (Lipinski definition) is 0. The van der Waals surface area contributed by atoms with Crippen LogP contribution < -0.4 is 15.8 Å². The van der Waals surface area contributed by atoms with Crippen molar-refractivity contribution in [2.75, 3.05) is 4.90 Å². The van der Waals surface area contributed by atoms with Crippen molar-refractivity contribution in [1.82, 2.24) is 4.57 Å². The minimum Gasteiger partial charge on any atom is -0.342 e. The fraction of sp³-hybridized carbons (Fsp3) is 0.0625. The predicted octanol–water partition coefficient (Wildman–Crippen LogP) is 6.29. The summed E-state index contributed by atoms with van der Waals surface area (Å²) in [5, 5.41) is 0.967. The van der Waals surface area contributed by atoms with E-state index in [0.717, 1.165) is 27.7 Å². The molecule has 1 heterocycles. The average Bonchev–Trinajstić information content (AvgIpc) is 3.29. The van der Waals surface area contributed by atoms with Gasteiger partial charge in [-0.05, 0) is 29.3 Å². The van der Waals surface area contributed by atoms with Gasteiger partial charge in [-0.25, -0.2) is 0 Å². The van der Waals surface area contributed by atoms with Gasteiger partial charge in [0.25, 0.3) is 5.43 Å². The summed E-state index contributed by atoms with van der Waals surface area (Å²) < 4.78 is 2.16. The molecule has 6 rings (SSSR count). The van der Waals surface area contributed by atoms with Crippen molar-refractivity contribution in [3.8, 4) is 11.1 Å². The van der Waals surface area contributed by atoms with E-state index in [1.807, 2.05) is 108 Å². The number of para-hydroxylation sites is 2. The van der Waals surface area contributed by atoms with Crippen LogP contribution in [0.5, 0.6) is 0 Å². The lowest BCUT2D eigenvalue weighted by Crippen LogP contribution is -2.40. The average molecular weight is 469 g/mol. The molecular weight excluding hydrogens is 444 g/mol. The highest BCUT2D eigenvalue weighted by atomic mass is 16.2. The number of nitrogens with zero attached hydrogens (tertiary/aromatic N) is 2. The Bertz CT molecular complexity index is 1710. The summed E-state index contributed by atoms with van der Waals surface area (Å²) in [6.45, 7) is 1.17. The van der Waals surface area contributed by atoms with Crippen LogP contribution in [0.3, 0.4) is 0 Å². The first kappa shape index (κ1) is 21.8. The van der Waals surface area contributed by atoms with E-state index in [1.54, 1.807) is 0 Å². The molecule has 6 aromatic rings. The number of benzene rings is 4. The zero-order chi connectivity index (χ0) is 24.5. The Hall–Kier alpha value is -4.70. The Morgan fingerprint density at radius 1 is 0.611 bits per heavy atom. The number of aromatic nitrogens is 1. The number of fused-ring (bicyclic) bond motifs is 1. The third-order valence-electron chi connectivity index (χ3n) is 6.66. The molecule has 36 heavy (non-hydrogen) atoms. The first-order chi connectivity index (χ1) is 17.7. The fourth-order valence-corrected chi connectivity index (χ4v) is 4.92. The van der Waals surface area contributed by atoms with Gasteiger partial charge >= 0.3 is 0 Å². The van der Waals surface area contributed by atoms with Gasteiger partial charge in [0.2, 0.25) is 5.43 Å². The maximum absolute atomic E-state index is 13.1. The van der Waals surface area contributed by atoms with Crippen molar-refractivity contribution < 1.29 is 0 Å². The standard InChI is InChI=1S/C32H24N2O2/c35-31-29(27-22-33(20-23-12-4-1-5-13-23)28-19-11-10-18-26(27)28)30(32(31)36)34(25-16-8-3-9-17-25)21-24-14-6-2-7-15-24/h1-19,22H,20-21H2. The van der Waals surface area contributed by atoms with Crippen LogP contribution in [0.1, 0.15) is 11.1 Å². The molecule has 0 aliphatic rings. The van der Waals surface area contributed by atoms with Crippen molar-refractivity contribution in [3.63, 3.8) is 0 Å². The van der Waals surface area contributed by atoms with E-state index >= 15 is 0 Å². The van der Waals surface area contributed by atoms with E-state index in [-0.39, 0.29) is 0 Å². The molecule has 0 bridgehead atoms. The third-order valence-corrected chi connectivity index (χ3v) is 6.66. The summed E-state index contributed by atoms with van der Waals surface area (Å²) in [7, 11) is 0. The Morgan fingerprint density at radius 3 is 1.89 bits per heavy atom. The zero-order valence-electron chi connectivity index (χ0n) is 19.7. The highest BCUT2D eigenvalue weighted by Crippen LogP contribution is 2.37. The lowest BCUT2D eigenvalue weighted by atomic mass is 9.96. The van der Waals surface area contributed by atoms with E-state index < -0.39 is 10.9 Å². The highest BCUT2D eigenvalue weighted by molar-refractivity contribution is 6.01. The summed E-state index contributed by atoms with van der Waals surface area (Å²) in [4.78, 5) is 28.2. The molecule has 0 amide bonds. The monoisotopic (exact) mass is 468 g/mol. The van der Waals surface area contributed by atoms with Gasteiger partial charge in [0.15, 0.2) is 0 Å². The molecule has 1 aromatic heterocycles. The van der Waals surface area contributed by atoms with Gasteiger partial charge in [0.1, 0.15) is 5.69 Å². The molecule has 0 fully saturated rings. The molecule has 0 radical (unpaired) electrons. The van der Waals surface area contributed by atoms with Gasteiger partial charge in [-0.2, -0.15) is 0 Å². The van der Waals surface area contributed by atoms with Gasteiger partial charge in [-0.3, -0.25) is 9.59 Å². The van der Waals surface area contributed by atoms with Gasteiger partial charge in [-0.1, -0.05) is 97.1 Å². The van der Waals surface area contributed by atoms with Crippen LogP contribution in [0.15, 0.2) is 131 Å². The number of hydrogen-bond acceptors (Lipinski definition) is 3. The smallest absolute Gasteiger partial charge is 0.250 e. The molecule has 0 unspecified atom stereocenters. The first-order valence-electron chi connectivity index (χ1n) is 12.0. The third kappa shape index (κ3) is 3.83. The molecule has 0 aliphatic heterocycles. The quantitative estimate of drug-likeness (QED) is 0.259. The summed E-state index contributed by atoms with van der Waals surface area (Å²) in [5.74, 6) is 0. The highest BCUT2D eigenvalue weighted by Gasteiger charge is 2.30. The second-order valence-electron chi connectivity index (χ2n) is 8.96. The molecule has 0 saturated heterocycles. The molecular formula is C32H24N2O2. The summed E-state index contributed by atoms with van der Waals surface area (Å²) in [6, 6.07) is 38.1. The second-order valence-corrected chi connectivity index (χ2v) is 8.96. The molecule has 0 saturated carbocycles. The second kappa shape index (κ2) is 9.16.